The fraction of sp³-hybridized carbons (Fsp3) is 0.0577. The Morgan fingerprint density at radius 2 is 1.10 bits per heavy atom. The maximum Gasteiger partial charge on any atom is 0.164 e. The van der Waals surface area contributed by atoms with E-state index in [0.717, 1.165) is 57.8 Å². The first kappa shape index (κ1) is 33.2. The van der Waals surface area contributed by atoms with Crippen molar-refractivity contribution in [2.75, 3.05) is 4.90 Å². The summed E-state index contributed by atoms with van der Waals surface area (Å²) < 4.78 is 6.72. The number of anilines is 2. The number of allylic oxidation sites excluding steroid dienone is 3. The molecule has 4 aliphatic rings. The fourth-order valence-electron chi connectivity index (χ4n) is 9.34. The lowest BCUT2D eigenvalue weighted by Gasteiger charge is -2.39. The maximum absolute atomic E-state index is 6.72. The first-order valence-corrected chi connectivity index (χ1v) is 20.6. The van der Waals surface area contributed by atoms with Crippen molar-refractivity contribution < 1.29 is 4.74 Å². The van der Waals surface area contributed by atoms with E-state index in [9.17, 15) is 0 Å². The molecule has 0 amide bonds. The molecule has 0 saturated heterocycles. The van der Waals surface area contributed by atoms with Crippen molar-refractivity contribution in [2.24, 2.45) is 0 Å². The molecule has 1 spiro atoms. The van der Waals surface area contributed by atoms with Gasteiger partial charge in [-0.1, -0.05) is 133 Å². The first-order chi connectivity index (χ1) is 28.7. The van der Waals surface area contributed by atoms with Crippen LogP contribution < -0.4 is 9.64 Å². The molecule has 0 unspecified atom stereocenters. The van der Waals surface area contributed by atoms with E-state index in [-0.39, 0.29) is 0 Å². The SMILES string of the molecule is C1=CC2=C(CC1)N(c1ccc(-c3nc(-c4ccccc4)nc(-c4ccc5c(c4)C4(c6ccccc6O5)c5ccccc5-c5ccccc54)n3)cc1)c1ccccc1S2. The van der Waals surface area contributed by atoms with E-state index >= 15 is 0 Å². The predicted octanol–water partition coefficient (Wildman–Crippen LogP) is 13.1. The summed E-state index contributed by atoms with van der Waals surface area (Å²) in [7, 11) is 0. The van der Waals surface area contributed by atoms with Crippen molar-refractivity contribution >= 4 is 23.1 Å². The zero-order valence-electron chi connectivity index (χ0n) is 31.3. The van der Waals surface area contributed by atoms with Crippen LogP contribution in [0.1, 0.15) is 35.1 Å². The normalized spacial score (nSPS) is 15.1. The Morgan fingerprint density at radius 3 is 1.86 bits per heavy atom. The quantitative estimate of drug-likeness (QED) is 0.178. The molecule has 0 radical (unpaired) electrons. The molecule has 0 fully saturated rings. The van der Waals surface area contributed by atoms with Gasteiger partial charge < -0.3 is 9.64 Å². The molecule has 8 aromatic rings. The van der Waals surface area contributed by atoms with Gasteiger partial charge in [-0.25, -0.2) is 15.0 Å². The lowest BCUT2D eigenvalue weighted by Crippen LogP contribution is -2.32. The summed E-state index contributed by atoms with van der Waals surface area (Å²) in [4.78, 5) is 20.5. The van der Waals surface area contributed by atoms with Gasteiger partial charge in [-0.2, -0.15) is 0 Å². The third-order valence-corrected chi connectivity index (χ3v) is 13.0. The standard InChI is InChI=1S/C52H34N4OS/c1-2-14-33(15-3-1)49-53-50(34-26-29-36(30-27-34)56-43-21-9-12-24-47(43)58-48-25-13-10-22-44(48)56)55-51(54-49)35-28-31-46-42(32-35)52(41-20-8-11-23-45(41)57-46)39-18-6-4-16-37(39)38-17-5-7-19-40(38)52/h1-9,11-21,23-32H,10,22H2. The molecule has 2 aliphatic heterocycles. The monoisotopic (exact) mass is 762 g/mol. The molecule has 58 heavy (non-hydrogen) atoms. The summed E-state index contributed by atoms with van der Waals surface area (Å²) in [6, 6.07) is 60.0. The van der Waals surface area contributed by atoms with Crippen molar-refractivity contribution in [3.63, 3.8) is 0 Å². The second-order valence-corrected chi connectivity index (χ2v) is 16.1. The van der Waals surface area contributed by atoms with Crippen LogP contribution >= 0.6 is 11.8 Å². The van der Waals surface area contributed by atoms with E-state index < -0.39 is 5.41 Å². The van der Waals surface area contributed by atoms with Crippen molar-refractivity contribution in [1.82, 2.24) is 15.0 Å². The minimum absolute atomic E-state index is 0.587. The zero-order valence-corrected chi connectivity index (χ0v) is 32.2. The zero-order chi connectivity index (χ0) is 38.2. The highest BCUT2D eigenvalue weighted by Crippen LogP contribution is 2.62. The molecule has 3 heterocycles. The number of hydrogen-bond acceptors (Lipinski definition) is 6. The van der Waals surface area contributed by atoms with E-state index in [1.165, 1.54) is 43.4 Å². The van der Waals surface area contributed by atoms with Crippen LogP contribution in [-0.4, -0.2) is 15.0 Å². The number of hydrogen-bond donors (Lipinski definition) is 0. The van der Waals surface area contributed by atoms with E-state index in [2.05, 4.69) is 169 Å². The molecule has 1 aromatic heterocycles. The molecule has 12 rings (SSSR count). The van der Waals surface area contributed by atoms with Crippen LogP contribution in [0.2, 0.25) is 0 Å². The Bertz CT molecular complexity index is 2980. The summed E-state index contributed by atoms with van der Waals surface area (Å²) in [6.45, 7) is 0. The van der Waals surface area contributed by atoms with Crippen LogP contribution in [0.4, 0.5) is 11.4 Å². The molecule has 2 aliphatic carbocycles. The lowest BCUT2D eigenvalue weighted by molar-refractivity contribution is 0.436. The van der Waals surface area contributed by atoms with Gasteiger partial charge in [0.1, 0.15) is 11.5 Å². The van der Waals surface area contributed by atoms with Crippen LogP contribution in [0.15, 0.2) is 198 Å². The molecule has 274 valence electrons. The van der Waals surface area contributed by atoms with Gasteiger partial charge in [0.05, 0.1) is 11.1 Å². The molecule has 6 heteroatoms. The van der Waals surface area contributed by atoms with E-state index in [4.69, 9.17) is 19.7 Å². The number of fused-ring (bicyclic) bond motifs is 10. The average molecular weight is 763 g/mol. The average Bonchev–Trinajstić information content (AvgIpc) is 3.59. The van der Waals surface area contributed by atoms with E-state index in [1.807, 2.05) is 30.0 Å². The highest BCUT2D eigenvalue weighted by Gasteiger charge is 2.51. The Hall–Kier alpha value is -7.02. The highest BCUT2D eigenvalue weighted by atomic mass is 32.2. The van der Waals surface area contributed by atoms with Crippen LogP contribution in [-0.2, 0) is 5.41 Å². The number of para-hydroxylation sites is 2. The number of nitrogens with zero attached hydrogens (tertiary/aromatic N) is 4. The van der Waals surface area contributed by atoms with Crippen molar-refractivity contribution in [3.05, 3.63) is 215 Å². The summed E-state index contributed by atoms with van der Waals surface area (Å²) in [5.74, 6) is 3.55. The molecule has 7 aromatic carbocycles. The second kappa shape index (κ2) is 13.0. The van der Waals surface area contributed by atoms with E-state index in [1.54, 1.807) is 0 Å². The summed E-state index contributed by atoms with van der Waals surface area (Å²) >= 11 is 1.86. The molecule has 0 saturated carbocycles. The Balaban J connectivity index is 1.02. The molecule has 0 bridgehead atoms. The molecule has 0 N–H and O–H groups in total. The number of ether oxygens (including phenoxy) is 1. The Labute approximate surface area is 341 Å². The lowest BCUT2D eigenvalue weighted by atomic mass is 9.66. The Morgan fingerprint density at radius 1 is 0.517 bits per heavy atom. The van der Waals surface area contributed by atoms with Gasteiger partial charge in [0.15, 0.2) is 17.5 Å². The van der Waals surface area contributed by atoms with Gasteiger partial charge in [0, 0.05) is 49.0 Å². The minimum Gasteiger partial charge on any atom is -0.457 e. The van der Waals surface area contributed by atoms with Gasteiger partial charge in [-0.05, 0) is 95.8 Å². The number of benzene rings is 7. The fourth-order valence-corrected chi connectivity index (χ4v) is 10.5. The predicted molar refractivity (Wildman–Crippen MR) is 233 cm³/mol. The molecule has 5 nitrogen and oxygen atoms in total. The number of aromatic nitrogens is 3. The first-order valence-electron chi connectivity index (χ1n) is 19.7. The van der Waals surface area contributed by atoms with Gasteiger partial charge >= 0.3 is 0 Å². The van der Waals surface area contributed by atoms with Crippen LogP contribution in [0.25, 0.3) is 45.3 Å². The Kier molecular flexibility index (Phi) is 7.44. The van der Waals surface area contributed by atoms with Crippen LogP contribution in [0.5, 0.6) is 11.5 Å². The maximum atomic E-state index is 6.72. The van der Waals surface area contributed by atoms with Crippen molar-refractivity contribution in [2.45, 2.75) is 23.2 Å². The molecular formula is C52H34N4OS. The van der Waals surface area contributed by atoms with Gasteiger partial charge in [0.25, 0.3) is 0 Å². The third kappa shape index (κ3) is 4.95. The van der Waals surface area contributed by atoms with E-state index in [0.29, 0.717) is 17.5 Å². The van der Waals surface area contributed by atoms with Crippen molar-refractivity contribution in [1.29, 1.82) is 0 Å². The van der Waals surface area contributed by atoms with Crippen LogP contribution in [0, 0.1) is 0 Å². The smallest absolute Gasteiger partial charge is 0.164 e. The number of thioether (sulfide) groups is 1. The molecule has 0 atom stereocenters. The van der Waals surface area contributed by atoms with Gasteiger partial charge in [0.2, 0.25) is 0 Å². The van der Waals surface area contributed by atoms with Gasteiger partial charge in [-0.3, -0.25) is 0 Å². The number of rotatable bonds is 4. The van der Waals surface area contributed by atoms with Crippen molar-refractivity contribution in [3.8, 4) is 56.8 Å². The summed E-state index contributed by atoms with van der Waals surface area (Å²) in [5, 5.41) is 0. The van der Waals surface area contributed by atoms with Crippen LogP contribution in [0.3, 0.4) is 0 Å². The highest BCUT2D eigenvalue weighted by molar-refractivity contribution is 8.03. The molecular weight excluding hydrogens is 729 g/mol. The minimum atomic E-state index is -0.587. The topological polar surface area (TPSA) is 51.1 Å². The summed E-state index contributed by atoms with van der Waals surface area (Å²) in [6.07, 6.45) is 6.59. The second-order valence-electron chi connectivity index (χ2n) is 15.0. The third-order valence-electron chi connectivity index (χ3n) is 11.9. The largest absolute Gasteiger partial charge is 0.457 e. The summed E-state index contributed by atoms with van der Waals surface area (Å²) in [5.41, 5.74) is 13.0. The van der Waals surface area contributed by atoms with Gasteiger partial charge in [-0.15, -0.1) is 0 Å².